The second-order valence-electron chi connectivity index (χ2n) is 7.02. The molecule has 0 saturated carbocycles. The normalized spacial score (nSPS) is 26.8. The Bertz CT molecular complexity index is 343. The van der Waals surface area contributed by atoms with E-state index in [1.165, 1.54) is 19.3 Å². The van der Waals surface area contributed by atoms with Crippen LogP contribution in [0.4, 0.5) is 0 Å². The molecular weight excluding hydrogens is 278 g/mol. The van der Waals surface area contributed by atoms with Gasteiger partial charge in [0.2, 0.25) is 5.91 Å². The van der Waals surface area contributed by atoms with Crippen molar-refractivity contribution in [1.29, 1.82) is 0 Å². The third-order valence-corrected chi connectivity index (χ3v) is 5.18. The number of carbonyl (C=O) groups is 1. The first kappa shape index (κ1) is 17.7. The summed E-state index contributed by atoms with van der Waals surface area (Å²) in [6.45, 7) is 9.52. The lowest BCUT2D eigenvalue weighted by Crippen LogP contribution is -2.51. The fraction of sp³-hybridized carbons (Fsp3) is 0.941. The van der Waals surface area contributed by atoms with Gasteiger partial charge in [-0.3, -0.25) is 9.69 Å². The van der Waals surface area contributed by atoms with Crippen molar-refractivity contribution in [1.82, 2.24) is 15.1 Å². The quantitative estimate of drug-likeness (QED) is 0.770. The number of piperidine rings is 2. The number of hydrogen-bond acceptors (Lipinski definition) is 4. The Morgan fingerprint density at radius 1 is 1.23 bits per heavy atom. The van der Waals surface area contributed by atoms with Crippen LogP contribution in [0.5, 0.6) is 0 Å². The minimum Gasteiger partial charge on any atom is -0.390 e. The number of likely N-dealkylation sites (N-methyl/N-ethyl adjacent to an activating group) is 1. The minimum atomic E-state index is -0.462. The molecule has 2 rings (SSSR count). The summed E-state index contributed by atoms with van der Waals surface area (Å²) in [5.74, 6) is 0.896. The third kappa shape index (κ3) is 5.21. The van der Waals surface area contributed by atoms with Crippen molar-refractivity contribution in [2.75, 3.05) is 39.3 Å². The highest BCUT2D eigenvalue weighted by Gasteiger charge is 2.27. The molecule has 2 aliphatic heterocycles. The van der Waals surface area contributed by atoms with Crippen LogP contribution in [0, 0.1) is 5.92 Å². The highest BCUT2D eigenvalue weighted by atomic mass is 16.3. The number of hydrogen-bond donors (Lipinski definition) is 2. The molecule has 2 aliphatic rings. The van der Waals surface area contributed by atoms with Crippen molar-refractivity contribution in [2.45, 2.75) is 58.1 Å². The fourth-order valence-electron chi connectivity index (χ4n) is 3.61. The molecule has 0 radical (unpaired) electrons. The summed E-state index contributed by atoms with van der Waals surface area (Å²) >= 11 is 0. The van der Waals surface area contributed by atoms with Gasteiger partial charge < -0.3 is 15.3 Å². The van der Waals surface area contributed by atoms with Crippen LogP contribution in [0.25, 0.3) is 0 Å². The number of nitrogens with one attached hydrogen (secondary N) is 1. The molecule has 0 spiro atoms. The summed E-state index contributed by atoms with van der Waals surface area (Å²) in [6.07, 6.45) is 5.23. The van der Waals surface area contributed by atoms with Crippen LogP contribution in [0.1, 0.15) is 46.0 Å². The predicted octanol–water partition coefficient (Wildman–Crippen LogP) is 1.07. The summed E-state index contributed by atoms with van der Waals surface area (Å²) in [4.78, 5) is 16.9. The highest BCUT2D eigenvalue weighted by Crippen LogP contribution is 2.17. The minimum absolute atomic E-state index is 0.00165. The third-order valence-electron chi connectivity index (χ3n) is 5.18. The first-order valence-electron chi connectivity index (χ1n) is 9.02. The predicted molar refractivity (Wildman–Crippen MR) is 88.7 cm³/mol. The van der Waals surface area contributed by atoms with Crippen molar-refractivity contribution in [2.24, 2.45) is 5.92 Å². The number of likely N-dealkylation sites (tertiary alicyclic amines) is 2. The molecule has 2 atom stereocenters. The van der Waals surface area contributed by atoms with E-state index >= 15 is 0 Å². The van der Waals surface area contributed by atoms with Crippen LogP contribution in [0.3, 0.4) is 0 Å². The molecule has 0 aromatic heterocycles. The molecule has 5 nitrogen and oxygen atoms in total. The number of aliphatic hydroxyl groups is 1. The van der Waals surface area contributed by atoms with E-state index in [-0.39, 0.29) is 11.9 Å². The van der Waals surface area contributed by atoms with Crippen molar-refractivity contribution in [3.8, 4) is 0 Å². The second kappa shape index (κ2) is 8.85. The van der Waals surface area contributed by atoms with E-state index in [1.807, 2.05) is 0 Å². The maximum absolute atomic E-state index is 12.3. The zero-order valence-corrected chi connectivity index (χ0v) is 14.3. The summed E-state index contributed by atoms with van der Waals surface area (Å²) in [7, 11) is 0. The molecule has 5 heteroatoms. The monoisotopic (exact) mass is 311 g/mol. The van der Waals surface area contributed by atoms with Gasteiger partial charge in [-0.2, -0.15) is 0 Å². The molecule has 2 N–H and O–H groups in total. The Kier molecular flexibility index (Phi) is 7.12. The molecule has 2 fully saturated rings. The molecule has 22 heavy (non-hydrogen) atoms. The SMILES string of the molecule is CCN1CCCC[C@H]1C(=O)NC[C@@H](O)CN1CCC(C)CC1. The van der Waals surface area contributed by atoms with E-state index < -0.39 is 6.10 Å². The van der Waals surface area contributed by atoms with Gasteiger partial charge in [0.15, 0.2) is 0 Å². The first-order valence-corrected chi connectivity index (χ1v) is 9.02. The maximum atomic E-state index is 12.3. The molecule has 1 amide bonds. The lowest BCUT2D eigenvalue weighted by atomic mass is 9.99. The summed E-state index contributed by atoms with van der Waals surface area (Å²) < 4.78 is 0. The van der Waals surface area contributed by atoms with Crippen molar-refractivity contribution in [3.05, 3.63) is 0 Å². The van der Waals surface area contributed by atoms with Crippen LogP contribution in [0.15, 0.2) is 0 Å². The Hall–Kier alpha value is -0.650. The van der Waals surface area contributed by atoms with E-state index in [9.17, 15) is 9.90 Å². The average Bonchev–Trinajstić information content (AvgIpc) is 2.54. The number of aliphatic hydroxyl groups excluding tert-OH is 1. The Balaban J connectivity index is 1.68. The molecule has 128 valence electrons. The van der Waals surface area contributed by atoms with Gasteiger partial charge >= 0.3 is 0 Å². The standard InChI is InChI=1S/C17H33N3O2/c1-3-20-9-5-4-6-16(20)17(22)18-12-15(21)13-19-10-7-14(2)8-11-19/h14-16,21H,3-13H2,1-2H3,(H,18,22)/t15-,16+/m1/s1. The van der Waals surface area contributed by atoms with Crippen molar-refractivity contribution < 1.29 is 9.90 Å². The van der Waals surface area contributed by atoms with Gasteiger partial charge in [-0.15, -0.1) is 0 Å². The van der Waals surface area contributed by atoms with E-state index in [1.54, 1.807) is 0 Å². The highest BCUT2D eigenvalue weighted by molar-refractivity contribution is 5.81. The number of carbonyl (C=O) groups excluding carboxylic acids is 1. The molecule has 0 aromatic carbocycles. The Morgan fingerprint density at radius 2 is 1.95 bits per heavy atom. The molecule has 0 aliphatic carbocycles. The van der Waals surface area contributed by atoms with Gasteiger partial charge in [-0.05, 0) is 57.8 Å². The molecule has 0 bridgehead atoms. The van der Waals surface area contributed by atoms with Gasteiger partial charge in [0.05, 0.1) is 12.1 Å². The first-order chi connectivity index (χ1) is 10.6. The van der Waals surface area contributed by atoms with E-state index in [2.05, 4.69) is 29.0 Å². The smallest absolute Gasteiger partial charge is 0.237 e. The number of amides is 1. The molecule has 0 unspecified atom stereocenters. The number of rotatable bonds is 6. The maximum Gasteiger partial charge on any atom is 0.237 e. The Labute approximate surface area is 135 Å². The van der Waals surface area contributed by atoms with Crippen LogP contribution < -0.4 is 5.32 Å². The topological polar surface area (TPSA) is 55.8 Å². The largest absolute Gasteiger partial charge is 0.390 e. The average molecular weight is 311 g/mol. The number of nitrogens with zero attached hydrogens (tertiary/aromatic N) is 2. The second-order valence-corrected chi connectivity index (χ2v) is 7.02. The molecular formula is C17H33N3O2. The molecule has 2 heterocycles. The van der Waals surface area contributed by atoms with Gasteiger partial charge in [0, 0.05) is 13.1 Å². The van der Waals surface area contributed by atoms with E-state index in [0.29, 0.717) is 13.1 Å². The molecule has 0 aromatic rings. The van der Waals surface area contributed by atoms with Crippen LogP contribution in [0.2, 0.25) is 0 Å². The summed E-state index contributed by atoms with van der Waals surface area (Å²) in [5.41, 5.74) is 0. The molecule has 2 saturated heterocycles. The fourth-order valence-corrected chi connectivity index (χ4v) is 3.61. The van der Waals surface area contributed by atoms with E-state index in [0.717, 1.165) is 44.9 Å². The van der Waals surface area contributed by atoms with Gasteiger partial charge in [0.1, 0.15) is 0 Å². The number of β-amino-alcohol motifs (C(OH)–C–C–N with tert-alkyl or cyclic N) is 1. The van der Waals surface area contributed by atoms with Crippen LogP contribution in [-0.2, 0) is 4.79 Å². The zero-order chi connectivity index (χ0) is 15.9. The van der Waals surface area contributed by atoms with Crippen molar-refractivity contribution in [3.63, 3.8) is 0 Å². The Morgan fingerprint density at radius 3 is 2.64 bits per heavy atom. The summed E-state index contributed by atoms with van der Waals surface area (Å²) in [6, 6.07) is 0.00165. The van der Waals surface area contributed by atoms with Crippen LogP contribution >= 0.6 is 0 Å². The van der Waals surface area contributed by atoms with Gasteiger partial charge in [0.25, 0.3) is 0 Å². The summed E-state index contributed by atoms with van der Waals surface area (Å²) in [5, 5.41) is 13.1. The van der Waals surface area contributed by atoms with Crippen LogP contribution in [-0.4, -0.2) is 72.2 Å². The zero-order valence-electron chi connectivity index (χ0n) is 14.3. The van der Waals surface area contributed by atoms with Gasteiger partial charge in [-0.1, -0.05) is 20.3 Å². The van der Waals surface area contributed by atoms with Crippen molar-refractivity contribution >= 4 is 5.91 Å². The lowest BCUT2D eigenvalue weighted by molar-refractivity contribution is -0.128. The van der Waals surface area contributed by atoms with Gasteiger partial charge in [-0.25, -0.2) is 0 Å². The van der Waals surface area contributed by atoms with E-state index in [4.69, 9.17) is 0 Å². The lowest BCUT2D eigenvalue weighted by Gasteiger charge is -2.34.